The lowest BCUT2D eigenvalue weighted by Gasteiger charge is -2.24. The number of aliphatic carboxylic acids is 1. The number of benzene rings is 1. The molecule has 1 heterocycles. The van der Waals surface area contributed by atoms with Crippen LogP contribution in [0.4, 0.5) is 0 Å². The molecular weight excluding hydrogens is 264 g/mol. The normalized spacial score (nSPS) is 20.3. The first-order chi connectivity index (χ1) is 9.09. The summed E-state index contributed by atoms with van der Waals surface area (Å²) in [6.07, 6.45) is 0.424. The summed E-state index contributed by atoms with van der Waals surface area (Å²) in [6.45, 7) is 0. The van der Waals surface area contributed by atoms with E-state index in [2.05, 4.69) is 0 Å². The molecule has 1 saturated heterocycles. The predicted octanol–water partition coefficient (Wildman–Crippen LogP) is 0.543. The molecule has 0 saturated carbocycles. The van der Waals surface area contributed by atoms with Crippen molar-refractivity contribution in [3.05, 3.63) is 35.9 Å². The van der Waals surface area contributed by atoms with Gasteiger partial charge in [0.1, 0.15) is 6.04 Å². The Balaban J connectivity index is 2.01. The predicted molar refractivity (Wildman–Crippen MR) is 73.7 cm³/mol. The third-order valence-electron chi connectivity index (χ3n) is 3.07. The van der Waals surface area contributed by atoms with Crippen molar-refractivity contribution in [2.24, 2.45) is 5.73 Å². The van der Waals surface area contributed by atoms with Gasteiger partial charge in [0.05, 0.1) is 11.9 Å². The number of nitrogens with two attached hydrogens (primary N) is 1. The maximum atomic E-state index is 12.2. The van der Waals surface area contributed by atoms with E-state index in [0.29, 0.717) is 18.1 Å². The number of nitrogens with zero attached hydrogens (tertiary/aromatic N) is 1. The van der Waals surface area contributed by atoms with Crippen LogP contribution in [0.1, 0.15) is 5.56 Å². The van der Waals surface area contributed by atoms with Gasteiger partial charge in [-0.2, -0.15) is 0 Å². The molecule has 19 heavy (non-hydrogen) atoms. The molecule has 0 aromatic heterocycles. The maximum absolute atomic E-state index is 12.2. The molecule has 0 bridgehead atoms. The van der Waals surface area contributed by atoms with Gasteiger partial charge < -0.3 is 15.7 Å². The molecule has 2 atom stereocenters. The van der Waals surface area contributed by atoms with Gasteiger partial charge in [0, 0.05) is 5.75 Å². The van der Waals surface area contributed by atoms with E-state index in [1.54, 1.807) is 0 Å². The number of amides is 1. The van der Waals surface area contributed by atoms with Crippen molar-refractivity contribution in [3.8, 4) is 0 Å². The smallest absolute Gasteiger partial charge is 0.327 e. The highest BCUT2D eigenvalue weighted by Crippen LogP contribution is 2.22. The minimum Gasteiger partial charge on any atom is -0.480 e. The number of hydrogen-bond acceptors (Lipinski definition) is 4. The van der Waals surface area contributed by atoms with Gasteiger partial charge in [0.25, 0.3) is 0 Å². The lowest BCUT2D eigenvalue weighted by molar-refractivity contribution is -0.148. The molecule has 102 valence electrons. The molecule has 3 N–H and O–H groups in total. The topological polar surface area (TPSA) is 83.6 Å². The second-order valence-corrected chi connectivity index (χ2v) is 5.46. The fourth-order valence-corrected chi connectivity index (χ4v) is 3.19. The summed E-state index contributed by atoms with van der Waals surface area (Å²) in [4.78, 5) is 24.6. The summed E-state index contributed by atoms with van der Waals surface area (Å²) in [5, 5.41) is 9.06. The van der Waals surface area contributed by atoms with E-state index in [-0.39, 0.29) is 5.91 Å². The quantitative estimate of drug-likeness (QED) is 0.841. The van der Waals surface area contributed by atoms with Crippen LogP contribution in [-0.4, -0.2) is 45.6 Å². The van der Waals surface area contributed by atoms with Crippen LogP contribution in [0.2, 0.25) is 0 Å². The van der Waals surface area contributed by atoms with Crippen LogP contribution in [0.25, 0.3) is 0 Å². The highest BCUT2D eigenvalue weighted by molar-refractivity contribution is 7.99. The van der Waals surface area contributed by atoms with E-state index in [4.69, 9.17) is 10.8 Å². The van der Waals surface area contributed by atoms with E-state index in [1.807, 2.05) is 30.3 Å². The number of rotatable bonds is 4. The Bertz CT molecular complexity index is 466. The highest BCUT2D eigenvalue weighted by Gasteiger charge is 2.36. The zero-order chi connectivity index (χ0) is 13.8. The van der Waals surface area contributed by atoms with Crippen molar-refractivity contribution < 1.29 is 14.7 Å². The molecular formula is C13H16N2O3S. The van der Waals surface area contributed by atoms with Gasteiger partial charge in [-0.05, 0) is 12.0 Å². The Morgan fingerprint density at radius 3 is 2.74 bits per heavy atom. The van der Waals surface area contributed by atoms with Gasteiger partial charge in [-0.25, -0.2) is 4.79 Å². The van der Waals surface area contributed by atoms with Crippen LogP contribution in [0.5, 0.6) is 0 Å². The Morgan fingerprint density at radius 1 is 1.42 bits per heavy atom. The molecule has 1 unspecified atom stereocenters. The lowest BCUT2D eigenvalue weighted by Crippen LogP contribution is -2.49. The van der Waals surface area contributed by atoms with Crippen LogP contribution >= 0.6 is 11.8 Å². The van der Waals surface area contributed by atoms with Crippen LogP contribution in [0, 0.1) is 0 Å². The van der Waals surface area contributed by atoms with Crippen molar-refractivity contribution in [2.75, 3.05) is 11.6 Å². The largest absolute Gasteiger partial charge is 0.480 e. The highest BCUT2D eigenvalue weighted by atomic mass is 32.2. The van der Waals surface area contributed by atoms with Crippen molar-refractivity contribution in [1.82, 2.24) is 4.90 Å². The van der Waals surface area contributed by atoms with Crippen LogP contribution in [0.15, 0.2) is 30.3 Å². The molecule has 5 nitrogen and oxygen atoms in total. The zero-order valence-corrected chi connectivity index (χ0v) is 11.2. The molecule has 1 aromatic rings. The third kappa shape index (κ3) is 3.27. The van der Waals surface area contributed by atoms with Crippen molar-refractivity contribution in [2.45, 2.75) is 18.5 Å². The van der Waals surface area contributed by atoms with Crippen LogP contribution in [-0.2, 0) is 16.0 Å². The molecule has 0 aliphatic carbocycles. The van der Waals surface area contributed by atoms with Gasteiger partial charge in [-0.3, -0.25) is 4.79 Å². The molecule has 0 radical (unpaired) electrons. The molecule has 0 spiro atoms. The summed E-state index contributed by atoms with van der Waals surface area (Å²) in [5.74, 6) is -0.427. The summed E-state index contributed by atoms with van der Waals surface area (Å²) in [5.41, 5.74) is 6.87. The van der Waals surface area contributed by atoms with Gasteiger partial charge in [0.2, 0.25) is 5.91 Å². The zero-order valence-electron chi connectivity index (χ0n) is 10.4. The van der Waals surface area contributed by atoms with Crippen molar-refractivity contribution >= 4 is 23.6 Å². The first-order valence-corrected chi connectivity index (χ1v) is 7.15. The van der Waals surface area contributed by atoms with Crippen LogP contribution < -0.4 is 5.73 Å². The first kappa shape index (κ1) is 13.9. The number of thioether (sulfide) groups is 1. The van der Waals surface area contributed by atoms with Crippen LogP contribution in [0.3, 0.4) is 0 Å². The fourth-order valence-electron chi connectivity index (χ4n) is 2.03. The second-order valence-electron chi connectivity index (χ2n) is 4.46. The minimum atomic E-state index is -0.967. The summed E-state index contributed by atoms with van der Waals surface area (Å²) < 4.78 is 0. The Morgan fingerprint density at radius 2 is 2.11 bits per heavy atom. The maximum Gasteiger partial charge on any atom is 0.327 e. The summed E-state index contributed by atoms with van der Waals surface area (Å²) in [7, 11) is 0. The fraction of sp³-hybridized carbons (Fsp3) is 0.385. The lowest BCUT2D eigenvalue weighted by atomic mass is 10.1. The van der Waals surface area contributed by atoms with Gasteiger partial charge in [-0.1, -0.05) is 30.3 Å². The molecule has 1 amide bonds. The van der Waals surface area contributed by atoms with E-state index in [0.717, 1.165) is 5.56 Å². The molecule has 6 heteroatoms. The van der Waals surface area contributed by atoms with Crippen molar-refractivity contribution in [1.29, 1.82) is 0 Å². The van der Waals surface area contributed by atoms with E-state index < -0.39 is 18.1 Å². The van der Waals surface area contributed by atoms with Crippen molar-refractivity contribution in [3.63, 3.8) is 0 Å². The molecule has 2 rings (SSSR count). The van der Waals surface area contributed by atoms with E-state index >= 15 is 0 Å². The average Bonchev–Trinajstić information content (AvgIpc) is 2.88. The molecule has 1 aliphatic rings. The summed E-state index contributed by atoms with van der Waals surface area (Å²) >= 11 is 1.44. The van der Waals surface area contributed by atoms with E-state index in [9.17, 15) is 9.59 Å². The number of carbonyl (C=O) groups excluding carboxylic acids is 1. The van der Waals surface area contributed by atoms with Gasteiger partial charge in [0.15, 0.2) is 0 Å². The number of carboxylic acids is 1. The molecule has 1 aromatic carbocycles. The second kappa shape index (κ2) is 6.08. The molecule has 1 aliphatic heterocycles. The minimum absolute atomic E-state index is 0.291. The number of hydrogen-bond donors (Lipinski definition) is 2. The summed E-state index contributed by atoms with van der Waals surface area (Å²) in [6, 6.07) is 8.04. The monoisotopic (exact) mass is 280 g/mol. The Labute approximate surface area is 115 Å². The van der Waals surface area contributed by atoms with Gasteiger partial charge >= 0.3 is 5.97 Å². The number of carboxylic acid groups (broad SMARTS) is 1. The van der Waals surface area contributed by atoms with E-state index in [1.165, 1.54) is 16.7 Å². The van der Waals surface area contributed by atoms with Gasteiger partial charge in [-0.15, -0.1) is 11.8 Å². The Hall–Kier alpha value is -1.53. The number of carbonyl (C=O) groups is 2. The Kier molecular flexibility index (Phi) is 4.44. The average molecular weight is 280 g/mol. The first-order valence-electron chi connectivity index (χ1n) is 6.00. The third-order valence-corrected chi connectivity index (χ3v) is 4.08. The standard InChI is InChI=1S/C13H16N2O3S/c14-10(6-9-4-2-1-3-5-9)12(16)15-8-19-7-11(15)13(17)18/h1-5,10-11H,6-8,14H2,(H,17,18)/t10-,11?/m1/s1. The molecule has 1 fully saturated rings. The SMILES string of the molecule is N[C@H](Cc1ccccc1)C(=O)N1CSCC1C(=O)O.